The molecule has 1 aliphatic heterocycles. The van der Waals surface area contributed by atoms with Gasteiger partial charge < -0.3 is 15.4 Å². The van der Waals surface area contributed by atoms with Crippen molar-refractivity contribution < 1.29 is 14.3 Å². The molecule has 0 radical (unpaired) electrons. The van der Waals surface area contributed by atoms with Gasteiger partial charge >= 0.3 is 0 Å². The second-order valence-corrected chi connectivity index (χ2v) is 4.72. The van der Waals surface area contributed by atoms with E-state index in [1.807, 2.05) is 13.0 Å². The Bertz CT molecular complexity index is 728. The van der Waals surface area contributed by atoms with Crippen LogP contribution in [0.2, 0.25) is 0 Å². The molecule has 0 spiro atoms. The van der Waals surface area contributed by atoms with Gasteiger partial charge in [-0.25, -0.2) is 4.98 Å². The number of hydrogen-bond donors (Lipinski definition) is 2. The van der Waals surface area contributed by atoms with Crippen molar-refractivity contribution in [2.45, 2.75) is 6.92 Å². The highest BCUT2D eigenvalue weighted by Crippen LogP contribution is 2.28. The molecule has 1 aromatic heterocycles. The number of ether oxygens (including phenoxy) is 1. The van der Waals surface area contributed by atoms with E-state index >= 15 is 0 Å². The van der Waals surface area contributed by atoms with E-state index in [-0.39, 0.29) is 18.4 Å². The summed E-state index contributed by atoms with van der Waals surface area (Å²) in [7, 11) is 0. The summed E-state index contributed by atoms with van der Waals surface area (Å²) in [5, 5.41) is 5.40. The molecule has 0 saturated carbocycles. The number of nitrogens with zero attached hydrogens (tertiary/aromatic N) is 1. The monoisotopic (exact) mass is 283 g/mol. The number of fused-ring (bicyclic) bond motifs is 1. The third kappa shape index (κ3) is 2.84. The van der Waals surface area contributed by atoms with Crippen LogP contribution in [0.1, 0.15) is 15.9 Å². The Balaban J connectivity index is 1.81. The van der Waals surface area contributed by atoms with Gasteiger partial charge in [-0.3, -0.25) is 9.59 Å². The van der Waals surface area contributed by atoms with Crippen molar-refractivity contribution in [1.82, 2.24) is 4.98 Å². The molecule has 2 aromatic rings. The first-order chi connectivity index (χ1) is 10.1. The molecule has 0 fully saturated rings. The quantitative estimate of drug-likeness (QED) is 0.883. The van der Waals surface area contributed by atoms with Crippen LogP contribution >= 0.6 is 0 Å². The Hall–Kier alpha value is -2.89. The molecule has 0 unspecified atom stereocenters. The number of nitrogens with one attached hydrogen (secondary N) is 2. The van der Waals surface area contributed by atoms with Crippen LogP contribution in [0.15, 0.2) is 36.5 Å². The summed E-state index contributed by atoms with van der Waals surface area (Å²) in [5.74, 6) is 0.492. The number of amides is 2. The summed E-state index contributed by atoms with van der Waals surface area (Å²) < 4.78 is 5.29. The Morgan fingerprint density at radius 3 is 3.00 bits per heavy atom. The maximum atomic E-state index is 12.2. The van der Waals surface area contributed by atoms with Crippen molar-refractivity contribution >= 4 is 23.3 Å². The molecule has 1 aliphatic rings. The highest BCUT2D eigenvalue weighted by molar-refractivity contribution is 6.05. The first-order valence-corrected chi connectivity index (χ1v) is 6.42. The highest BCUT2D eigenvalue weighted by Gasteiger charge is 2.18. The van der Waals surface area contributed by atoms with E-state index in [0.717, 1.165) is 5.56 Å². The van der Waals surface area contributed by atoms with Crippen LogP contribution in [0.3, 0.4) is 0 Å². The zero-order chi connectivity index (χ0) is 14.8. The minimum absolute atomic E-state index is 0.0441. The molecule has 0 atom stereocenters. The fourth-order valence-electron chi connectivity index (χ4n) is 2.01. The fourth-order valence-corrected chi connectivity index (χ4v) is 2.01. The van der Waals surface area contributed by atoms with E-state index < -0.39 is 0 Å². The Morgan fingerprint density at radius 2 is 2.19 bits per heavy atom. The summed E-state index contributed by atoms with van der Waals surface area (Å²) in [6.45, 7) is 1.88. The molecule has 1 aromatic carbocycles. The van der Waals surface area contributed by atoms with Crippen LogP contribution in [0.4, 0.5) is 11.5 Å². The molecular weight excluding hydrogens is 270 g/mol. The number of benzene rings is 1. The summed E-state index contributed by atoms with van der Waals surface area (Å²) in [6.07, 6.45) is 1.64. The van der Waals surface area contributed by atoms with Gasteiger partial charge in [0, 0.05) is 11.8 Å². The number of carbonyl (C=O) groups is 2. The van der Waals surface area contributed by atoms with Gasteiger partial charge in [-0.05, 0) is 42.8 Å². The van der Waals surface area contributed by atoms with Crippen molar-refractivity contribution in [3.63, 3.8) is 0 Å². The summed E-state index contributed by atoms with van der Waals surface area (Å²) in [5.41, 5.74) is 2.02. The van der Waals surface area contributed by atoms with E-state index in [1.54, 1.807) is 30.5 Å². The maximum absolute atomic E-state index is 12.2. The first kappa shape index (κ1) is 13.1. The lowest BCUT2D eigenvalue weighted by molar-refractivity contribution is -0.118. The van der Waals surface area contributed by atoms with Crippen LogP contribution in [0.5, 0.6) is 5.75 Å². The number of carbonyl (C=O) groups excluding carboxylic acids is 2. The molecule has 0 bridgehead atoms. The lowest BCUT2D eigenvalue weighted by atomic mass is 10.1. The molecule has 3 rings (SSSR count). The van der Waals surface area contributed by atoms with Crippen molar-refractivity contribution in [2.24, 2.45) is 0 Å². The molecule has 0 saturated heterocycles. The molecule has 2 amide bonds. The summed E-state index contributed by atoms with van der Waals surface area (Å²) >= 11 is 0. The van der Waals surface area contributed by atoms with Gasteiger partial charge in [-0.2, -0.15) is 0 Å². The largest absolute Gasteiger partial charge is 0.482 e. The Labute approximate surface area is 121 Å². The average molecular weight is 283 g/mol. The number of aromatic nitrogens is 1. The van der Waals surface area contributed by atoms with Gasteiger partial charge in [0.1, 0.15) is 11.6 Å². The summed E-state index contributed by atoms with van der Waals surface area (Å²) in [6, 6.07) is 8.50. The molecular formula is C15H13N3O3. The number of hydrogen-bond acceptors (Lipinski definition) is 4. The lowest BCUT2D eigenvalue weighted by Gasteiger charge is -2.18. The van der Waals surface area contributed by atoms with Crippen LogP contribution in [0, 0.1) is 6.92 Å². The molecule has 2 N–H and O–H groups in total. The molecule has 21 heavy (non-hydrogen) atoms. The Kier molecular flexibility index (Phi) is 3.27. The molecule has 6 nitrogen and oxygen atoms in total. The zero-order valence-electron chi connectivity index (χ0n) is 11.3. The van der Waals surface area contributed by atoms with E-state index in [4.69, 9.17) is 4.74 Å². The minimum atomic E-state index is -0.281. The van der Waals surface area contributed by atoms with Crippen molar-refractivity contribution in [2.75, 3.05) is 17.2 Å². The molecule has 0 aliphatic carbocycles. The van der Waals surface area contributed by atoms with Crippen molar-refractivity contribution in [3.05, 3.63) is 47.7 Å². The second-order valence-electron chi connectivity index (χ2n) is 4.72. The minimum Gasteiger partial charge on any atom is -0.482 e. The number of rotatable bonds is 2. The SMILES string of the molecule is Cc1ccnc(NC(=O)c2ccc3c(c2)OCC(=O)N3)c1. The predicted molar refractivity (Wildman–Crippen MR) is 77.5 cm³/mol. The topological polar surface area (TPSA) is 80.3 Å². The van der Waals surface area contributed by atoms with Crippen LogP contribution in [-0.4, -0.2) is 23.4 Å². The van der Waals surface area contributed by atoms with Crippen molar-refractivity contribution in [3.8, 4) is 5.75 Å². The van der Waals surface area contributed by atoms with Gasteiger partial charge in [0.25, 0.3) is 11.8 Å². The molecule has 2 heterocycles. The van der Waals surface area contributed by atoms with Crippen LogP contribution < -0.4 is 15.4 Å². The van der Waals surface area contributed by atoms with E-state index in [1.165, 1.54) is 0 Å². The molecule has 6 heteroatoms. The smallest absolute Gasteiger partial charge is 0.262 e. The number of pyridine rings is 1. The Morgan fingerprint density at radius 1 is 1.33 bits per heavy atom. The molecule has 106 valence electrons. The fraction of sp³-hybridized carbons (Fsp3) is 0.133. The standard InChI is InChI=1S/C15H13N3O3/c1-9-4-5-16-13(6-9)18-15(20)10-2-3-11-12(7-10)21-8-14(19)17-11/h2-7H,8H2,1H3,(H,17,19)(H,16,18,20). The third-order valence-electron chi connectivity index (χ3n) is 3.03. The van der Waals surface area contributed by atoms with E-state index in [9.17, 15) is 9.59 Å². The average Bonchev–Trinajstić information content (AvgIpc) is 2.46. The summed E-state index contributed by atoms with van der Waals surface area (Å²) in [4.78, 5) is 27.5. The predicted octanol–water partition coefficient (Wildman–Crippen LogP) is 1.97. The normalized spacial score (nSPS) is 12.9. The number of anilines is 2. The van der Waals surface area contributed by atoms with E-state index in [2.05, 4.69) is 15.6 Å². The van der Waals surface area contributed by atoms with Gasteiger partial charge in [-0.1, -0.05) is 0 Å². The maximum Gasteiger partial charge on any atom is 0.262 e. The lowest BCUT2D eigenvalue weighted by Crippen LogP contribution is -2.25. The zero-order valence-corrected chi connectivity index (χ0v) is 11.3. The van der Waals surface area contributed by atoms with E-state index in [0.29, 0.717) is 22.8 Å². The van der Waals surface area contributed by atoms with Crippen LogP contribution in [0.25, 0.3) is 0 Å². The van der Waals surface area contributed by atoms with Gasteiger partial charge in [0.15, 0.2) is 6.61 Å². The van der Waals surface area contributed by atoms with Crippen molar-refractivity contribution in [1.29, 1.82) is 0 Å². The second kappa shape index (κ2) is 5.24. The highest BCUT2D eigenvalue weighted by atomic mass is 16.5. The third-order valence-corrected chi connectivity index (χ3v) is 3.03. The van der Waals surface area contributed by atoms with Crippen LogP contribution in [-0.2, 0) is 4.79 Å². The van der Waals surface area contributed by atoms with Gasteiger partial charge in [-0.15, -0.1) is 0 Å². The van der Waals surface area contributed by atoms with Gasteiger partial charge in [0.2, 0.25) is 0 Å². The van der Waals surface area contributed by atoms with Gasteiger partial charge in [0.05, 0.1) is 5.69 Å². The number of aryl methyl sites for hydroxylation is 1. The first-order valence-electron chi connectivity index (χ1n) is 6.42.